The van der Waals surface area contributed by atoms with Crippen molar-refractivity contribution in [1.82, 2.24) is 10.2 Å². The molecule has 0 aliphatic carbocycles. The molecule has 0 unspecified atom stereocenters. The number of likely N-dealkylation sites (tertiary alicyclic amines) is 1. The number of nitro groups is 1. The van der Waals surface area contributed by atoms with Gasteiger partial charge in [-0.25, -0.2) is 0 Å². The van der Waals surface area contributed by atoms with E-state index < -0.39 is 0 Å². The van der Waals surface area contributed by atoms with Gasteiger partial charge in [-0.3, -0.25) is 10.1 Å². The maximum Gasteiger partial charge on any atom is 0.273 e. The molecule has 0 saturated carbocycles. The first-order valence-corrected chi connectivity index (χ1v) is 7.43. The van der Waals surface area contributed by atoms with E-state index in [0.29, 0.717) is 6.54 Å². The van der Waals surface area contributed by atoms with Gasteiger partial charge >= 0.3 is 0 Å². The second kappa shape index (κ2) is 7.97. The molecule has 0 spiro atoms. The van der Waals surface area contributed by atoms with Gasteiger partial charge in [0.1, 0.15) is 0 Å². The Balaban J connectivity index is 1.67. The van der Waals surface area contributed by atoms with Gasteiger partial charge in [-0.15, -0.1) is 0 Å². The zero-order valence-corrected chi connectivity index (χ0v) is 11.9. The molecule has 110 valence electrons. The third-order valence-electron chi connectivity index (χ3n) is 3.78. The minimum Gasteiger partial charge on any atom is -0.312 e. The van der Waals surface area contributed by atoms with Crippen molar-refractivity contribution in [1.29, 1.82) is 0 Å². The van der Waals surface area contributed by atoms with Gasteiger partial charge in [0.25, 0.3) is 5.69 Å². The topological polar surface area (TPSA) is 58.4 Å². The number of hydrogen-bond donors (Lipinski definition) is 1. The lowest BCUT2D eigenvalue weighted by atomic mass is 10.1. The van der Waals surface area contributed by atoms with Crippen LogP contribution in [0.2, 0.25) is 0 Å². The van der Waals surface area contributed by atoms with E-state index in [1.807, 2.05) is 12.1 Å². The lowest BCUT2D eigenvalue weighted by molar-refractivity contribution is -0.385. The second-order valence-electron chi connectivity index (χ2n) is 5.32. The fourth-order valence-electron chi connectivity index (χ4n) is 2.67. The molecule has 0 radical (unpaired) electrons. The van der Waals surface area contributed by atoms with Gasteiger partial charge in [-0.2, -0.15) is 0 Å². The summed E-state index contributed by atoms with van der Waals surface area (Å²) in [5.41, 5.74) is 0.964. The second-order valence-corrected chi connectivity index (χ2v) is 5.32. The van der Waals surface area contributed by atoms with Gasteiger partial charge in [0.15, 0.2) is 0 Å². The highest BCUT2D eigenvalue weighted by Crippen LogP contribution is 2.17. The molecule has 1 aromatic rings. The summed E-state index contributed by atoms with van der Waals surface area (Å²) >= 11 is 0. The predicted molar refractivity (Wildman–Crippen MR) is 79.7 cm³/mol. The molecule has 1 aromatic carbocycles. The molecule has 1 N–H and O–H groups in total. The minimum absolute atomic E-state index is 0.205. The standard InChI is InChI=1S/C15H23N3O2/c19-18(20)15-8-3-2-7-14(15)13-16-9-6-12-17-10-4-1-5-11-17/h2-3,7-8,16H,1,4-6,9-13H2. The van der Waals surface area contributed by atoms with Crippen LogP contribution in [0.1, 0.15) is 31.2 Å². The van der Waals surface area contributed by atoms with Crippen LogP contribution in [0.25, 0.3) is 0 Å². The Hall–Kier alpha value is -1.46. The van der Waals surface area contributed by atoms with Crippen molar-refractivity contribution in [2.75, 3.05) is 26.2 Å². The van der Waals surface area contributed by atoms with E-state index in [1.165, 1.54) is 32.4 Å². The molecule has 20 heavy (non-hydrogen) atoms. The Morgan fingerprint density at radius 3 is 2.70 bits per heavy atom. The number of nitro benzene ring substituents is 1. The van der Waals surface area contributed by atoms with Crippen molar-refractivity contribution in [3.05, 3.63) is 39.9 Å². The third kappa shape index (κ3) is 4.58. The van der Waals surface area contributed by atoms with E-state index in [0.717, 1.165) is 25.1 Å². The summed E-state index contributed by atoms with van der Waals surface area (Å²) in [6.07, 6.45) is 5.11. The van der Waals surface area contributed by atoms with E-state index in [2.05, 4.69) is 10.2 Å². The lowest BCUT2D eigenvalue weighted by Gasteiger charge is -2.26. The number of nitrogens with one attached hydrogen (secondary N) is 1. The van der Waals surface area contributed by atoms with Crippen molar-refractivity contribution in [2.24, 2.45) is 0 Å². The van der Waals surface area contributed by atoms with Gasteiger partial charge in [-0.05, 0) is 45.4 Å². The zero-order chi connectivity index (χ0) is 14.2. The number of para-hydroxylation sites is 1. The van der Waals surface area contributed by atoms with Gasteiger partial charge in [-0.1, -0.05) is 24.6 Å². The SMILES string of the molecule is O=[N+]([O-])c1ccccc1CNCCCN1CCCCC1. The van der Waals surface area contributed by atoms with E-state index in [4.69, 9.17) is 0 Å². The van der Waals surface area contributed by atoms with E-state index in [9.17, 15) is 10.1 Å². The minimum atomic E-state index is -0.315. The monoisotopic (exact) mass is 277 g/mol. The van der Waals surface area contributed by atoms with Crippen LogP contribution in [0.5, 0.6) is 0 Å². The molecule has 0 aromatic heterocycles. The summed E-state index contributed by atoms with van der Waals surface area (Å²) in [6, 6.07) is 6.93. The summed E-state index contributed by atoms with van der Waals surface area (Å²) in [4.78, 5) is 13.1. The third-order valence-corrected chi connectivity index (χ3v) is 3.78. The number of hydrogen-bond acceptors (Lipinski definition) is 4. The van der Waals surface area contributed by atoms with E-state index in [-0.39, 0.29) is 10.6 Å². The fraction of sp³-hybridized carbons (Fsp3) is 0.600. The molecule has 0 atom stereocenters. The maximum absolute atomic E-state index is 10.9. The summed E-state index contributed by atoms with van der Waals surface area (Å²) in [6.45, 7) is 5.05. The lowest BCUT2D eigenvalue weighted by Crippen LogP contribution is -2.32. The Morgan fingerprint density at radius 1 is 1.20 bits per heavy atom. The molecule has 5 nitrogen and oxygen atoms in total. The fourth-order valence-corrected chi connectivity index (χ4v) is 2.67. The van der Waals surface area contributed by atoms with Crippen LogP contribution in [-0.4, -0.2) is 36.0 Å². The summed E-state index contributed by atoms with van der Waals surface area (Å²) in [7, 11) is 0. The van der Waals surface area contributed by atoms with Crippen molar-refractivity contribution >= 4 is 5.69 Å². The normalized spacial score (nSPS) is 16.2. The molecule has 1 aliphatic heterocycles. The van der Waals surface area contributed by atoms with Crippen LogP contribution >= 0.6 is 0 Å². The molecule has 0 amide bonds. The Morgan fingerprint density at radius 2 is 1.95 bits per heavy atom. The average Bonchev–Trinajstić information content (AvgIpc) is 2.48. The van der Waals surface area contributed by atoms with Gasteiger partial charge < -0.3 is 10.2 Å². The Labute approximate surface area is 120 Å². The molecule has 2 rings (SSSR count). The number of nitrogens with zero attached hydrogens (tertiary/aromatic N) is 2. The van der Waals surface area contributed by atoms with Crippen molar-refractivity contribution in [3.63, 3.8) is 0 Å². The maximum atomic E-state index is 10.9. The zero-order valence-electron chi connectivity index (χ0n) is 11.9. The van der Waals surface area contributed by atoms with Crippen LogP contribution in [0.4, 0.5) is 5.69 Å². The quantitative estimate of drug-likeness (QED) is 0.473. The highest BCUT2D eigenvalue weighted by atomic mass is 16.6. The van der Waals surface area contributed by atoms with Crippen LogP contribution < -0.4 is 5.32 Å². The Bertz CT molecular complexity index is 431. The highest BCUT2D eigenvalue weighted by Gasteiger charge is 2.12. The highest BCUT2D eigenvalue weighted by molar-refractivity contribution is 5.39. The van der Waals surface area contributed by atoms with Crippen molar-refractivity contribution < 1.29 is 4.92 Å². The first-order chi connectivity index (χ1) is 9.77. The summed E-state index contributed by atoms with van der Waals surface area (Å²) in [5, 5.41) is 14.2. The van der Waals surface area contributed by atoms with Crippen molar-refractivity contribution in [3.8, 4) is 0 Å². The molecular weight excluding hydrogens is 254 g/mol. The number of piperidine rings is 1. The molecule has 1 heterocycles. The van der Waals surface area contributed by atoms with Gasteiger partial charge in [0.2, 0.25) is 0 Å². The van der Waals surface area contributed by atoms with Crippen LogP contribution in [0.3, 0.4) is 0 Å². The largest absolute Gasteiger partial charge is 0.312 e. The summed E-state index contributed by atoms with van der Waals surface area (Å²) in [5.74, 6) is 0. The van der Waals surface area contributed by atoms with Crippen molar-refractivity contribution in [2.45, 2.75) is 32.2 Å². The molecular formula is C15H23N3O2. The molecule has 1 saturated heterocycles. The van der Waals surface area contributed by atoms with Crippen LogP contribution in [-0.2, 0) is 6.54 Å². The summed E-state index contributed by atoms with van der Waals surface area (Å²) < 4.78 is 0. The first kappa shape index (κ1) is 14.9. The van der Waals surface area contributed by atoms with E-state index >= 15 is 0 Å². The molecule has 1 aliphatic rings. The number of benzene rings is 1. The molecule has 5 heteroatoms. The van der Waals surface area contributed by atoms with Crippen LogP contribution in [0.15, 0.2) is 24.3 Å². The van der Waals surface area contributed by atoms with Gasteiger partial charge in [0.05, 0.1) is 4.92 Å². The van der Waals surface area contributed by atoms with E-state index in [1.54, 1.807) is 12.1 Å². The molecule has 0 bridgehead atoms. The first-order valence-electron chi connectivity index (χ1n) is 7.43. The smallest absolute Gasteiger partial charge is 0.273 e. The predicted octanol–water partition coefficient (Wildman–Crippen LogP) is 2.56. The molecule has 1 fully saturated rings. The number of rotatable bonds is 7. The van der Waals surface area contributed by atoms with Crippen LogP contribution in [0, 0.1) is 10.1 Å². The Kier molecular flexibility index (Phi) is 5.95. The van der Waals surface area contributed by atoms with Gasteiger partial charge in [0, 0.05) is 18.2 Å². The average molecular weight is 277 g/mol.